The Bertz CT molecular complexity index is 131. The van der Waals surface area contributed by atoms with Crippen molar-refractivity contribution in [3.63, 3.8) is 0 Å². The Balaban J connectivity index is 0.000000671. The number of amides is 1. The third-order valence-electron chi connectivity index (χ3n) is 2.16. The van der Waals surface area contributed by atoms with Crippen molar-refractivity contribution < 1.29 is 4.79 Å². The Morgan fingerprint density at radius 3 is 2.31 bits per heavy atom. The number of nitrogens with one attached hydrogen (secondary N) is 1. The predicted octanol–water partition coefficient (Wildman–Crippen LogP) is 1.42. The zero-order valence-electron chi connectivity index (χ0n) is 8.81. The summed E-state index contributed by atoms with van der Waals surface area (Å²) in [4.78, 5) is 10.8. The van der Waals surface area contributed by atoms with Gasteiger partial charge in [0.15, 0.2) is 0 Å². The van der Waals surface area contributed by atoms with Crippen LogP contribution >= 0.6 is 0 Å². The van der Waals surface area contributed by atoms with Gasteiger partial charge < -0.3 is 11.1 Å². The first-order chi connectivity index (χ1) is 6.33. The molecule has 1 saturated carbocycles. The topological polar surface area (TPSA) is 55.1 Å². The molecule has 0 saturated heterocycles. The summed E-state index contributed by atoms with van der Waals surface area (Å²) in [7, 11) is 0. The number of nitrogens with two attached hydrogens (primary N) is 1. The second-order valence-electron chi connectivity index (χ2n) is 3.11. The van der Waals surface area contributed by atoms with Crippen molar-refractivity contribution in [2.75, 3.05) is 6.54 Å². The highest BCUT2D eigenvalue weighted by atomic mass is 16.1. The highest BCUT2D eigenvalue weighted by molar-refractivity contribution is 5.78. The van der Waals surface area contributed by atoms with Crippen LogP contribution in [0.15, 0.2) is 0 Å². The van der Waals surface area contributed by atoms with Crippen LogP contribution in [0, 0.1) is 0 Å². The zero-order chi connectivity index (χ0) is 10.1. The molecule has 0 bridgehead atoms. The van der Waals surface area contributed by atoms with Gasteiger partial charge in [0.25, 0.3) is 0 Å². The Hall–Kier alpha value is -0.570. The van der Waals surface area contributed by atoms with Crippen LogP contribution < -0.4 is 11.1 Å². The molecule has 3 nitrogen and oxygen atoms in total. The number of carbonyl (C=O) groups excluding carboxylic acids is 1. The molecule has 0 heterocycles. The van der Waals surface area contributed by atoms with Crippen LogP contribution in [-0.4, -0.2) is 18.5 Å². The molecule has 1 rings (SSSR count). The van der Waals surface area contributed by atoms with Gasteiger partial charge in [-0.1, -0.05) is 33.1 Å². The van der Waals surface area contributed by atoms with Crippen LogP contribution in [0.2, 0.25) is 0 Å². The lowest BCUT2D eigenvalue weighted by Crippen LogP contribution is -2.39. The van der Waals surface area contributed by atoms with E-state index in [0.29, 0.717) is 6.04 Å². The maximum Gasteiger partial charge on any atom is 0.233 e. The zero-order valence-corrected chi connectivity index (χ0v) is 8.81. The van der Waals surface area contributed by atoms with Crippen LogP contribution in [0.1, 0.15) is 46.0 Å². The van der Waals surface area contributed by atoms with Crippen molar-refractivity contribution in [2.24, 2.45) is 5.73 Å². The van der Waals surface area contributed by atoms with Gasteiger partial charge in [0.2, 0.25) is 5.91 Å². The maximum atomic E-state index is 10.8. The second-order valence-corrected chi connectivity index (χ2v) is 3.11. The first-order valence-corrected chi connectivity index (χ1v) is 5.32. The molecule has 0 aromatic rings. The van der Waals surface area contributed by atoms with Crippen molar-refractivity contribution in [3.05, 3.63) is 0 Å². The maximum absolute atomic E-state index is 10.8. The van der Waals surface area contributed by atoms with Gasteiger partial charge in [-0.25, -0.2) is 0 Å². The molecule has 1 fully saturated rings. The molecule has 0 aromatic carbocycles. The van der Waals surface area contributed by atoms with E-state index in [1.807, 2.05) is 13.8 Å². The highest BCUT2D eigenvalue weighted by Crippen LogP contribution is 2.16. The molecule has 0 spiro atoms. The van der Waals surface area contributed by atoms with Gasteiger partial charge in [0.1, 0.15) is 0 Å². The quantitative estimate of drug-likeness (QED) is 0.685. The number of rotatable bonds is 2. The lowest BCUT2D eigenvalue weighted by Gasteiger charge is -2.22. The molecule has 13 heavy (non-hydrogen) atoms. The van der Waals surface area contributed by atoms with E-state index in [-0.39, 0.29) is 12.5 Å². The van der Waals surface area contributed by atoms with Crippen LogP contribution in [0.25, 0.3) is 0 Å². The smallest absolute Gasteiger partial charge is 0.233 e. The van der Waals surface area contributed by atoms with Crippen LogP contribution in [0.5, 0.6) is 0 Å². The average molecular weight is 186 g/mol. The van der Waals surface area contributed by atoms with Gasteiger partial charge in [0.05, 0.1) is 6.54 Å². The summed E-state index contributed by atoms with van der Waals surface area (Å²) in [6.07, 6.45) is 6.07. The minimum absolute atomic E-state index is 0.0168. The number of hydrogen-bond acceptors (Lipinski definition) is 2. The van der Waals surface area contributed by atoms with Crippen molar-refractivity contribution >= 4 is 5.91 Å². The fraction of sp³-hybridized carbons (Fsp3) is 0.900. The summed E-state index contributed by atoms with van der Waals surface area (Å²) in [6, 6.07) is 0.403. The molecule has 0 atom stereocenters. The minimum atomic E-state index is -0.0168. The van der Waals surface area contributed by atoms with E-state index in [1.54, 1.807) is 0 Å². The first kappa shape index (κ1) is 12.4. The molecule has 0 unspecified atom stereocenters. The Morgan fingerprint density at radius 2 is 1.85 bits per heavy atom. The van der Waals surface area contributed by atoms with Crippen LogP contribution in [-0.2, 0) is 4.79 Å². The van der Waals surface area contributed by atoms with Crippen molar-refractivity contribution in [3.8, 4) is 0 Å². The summed E-state index contributed by atoms with van der Waals surface area (Å²) in [6.45, 7) is 4.12. The summed E-state index contributed by atoms with van der Waals surface area (Å²) in [5.74, 6) is -0.0168. The Morgan fingerprint density at radius 1 is 1.31 bits per heavy atom. The second kappa shape index (κ2) is 8.05. The van der Waals surface area contributed by atoms with E-state index in [2.05, 4.69) is 5.32 Å². The van der Waals surface area contributed by atoms with E-state index in [9.17, 15) is 4.79 Å². The minimum Gasteiger partial charge on any atom is -0.352 e. The van der Waals surface area contributed by atoms with Gasteiger partial charge in [-0.2, -0.15) is 0 Å². The third kappa shape index (κ3) is 5.64. The molecule has 78 valence electrons. The van der Waals surface area contributed by atoms with Crippen LogP contribution in [0.3, 0.4) is 0 Å². The standard InChI is InChI=1S/C8H16N2O.C2H6/c9-6-8(11)10-7-4-2-1-3-5-7;1-2/h7H,1-6,9H2,(H,10,11);1-2H3. The van der Waals surface area contributed by atoms with Crippen LogP contribution in [0.4, 0.5) is 0 Å². The lowest BCUT2D eigenvalue weighted by molar-refractivity contribution is -0.120. The molecular weight excluding hydrogens is 164 g/mol. The number of hydrogen-bond donors (Lipinski definition) is 2. The lowest BCUT2D eigenvalue weighted by atomic mass is 9.95. The summed E-state index contributed by atoms with van der Waals surface area (Å²) in [5.41, 5.74) is 5.18. The van der Waals surface area contributed by atoms with Gasteiger partial charge >= 0.3 is 0 Å². The molecule has 1 aliphatic carbocycles. The Labute approximate surface area is 81.1 Å². The summed E-state index contributed by atoms with van der Waals surface area (Å²) >= 11 is 0. The van der Waals surface area contributed by atoms with Crippen molar-refractivity contribution in [1.29, 1.82) is 0 Å². The molecule has 1 amide bonds. The van der Waals surface area contributed by atoms with E-state index in [0.717, 1.165) is 12.8 Å². The molecule has 3 heteroatoms. The average Bonchev–Trinajstić information content (AvgIpc) is 2.22. The van der Waals surface area contributed by atoms with E-state index in [4.69, 9.17) is 5.73 Å². The molecule has 0 radical (unpaired) electrons. The van der Waals surface area contributed by atoms with E-state index < -0.39 is 0 Å². The van der Waals surface area contributed by atoms with Gasteiger partial charge in [-0.05, 0) is 12.8 Å². The largest absolute Gasteiger partial charge is 0.352 e. The molecule has 1 aliphatic rings. The molecule has 3 N–H and O–H groups in total. The highest BCUT2D eigenvalue weighted by Gasteiger charge is 2.14. The number of carbonyl (C=O) groups is 1. The van der Waals surface area contributed by atoms with E-state index in [1.165, 1.54) is 19.3 Å². The van der Waals surface area contributed by atoms with Crippen molar-refractivity contribution in [2.45, 2.75) is 52.0 Å². The monoisotopic (exact) mass is 186 g/mol. The SMILES string of the molecule is CC.NCC(=O)NC1CCCCC1. The fourth-order valence-corrected chi connectivity index (χ4v) is 1.53. The summed E-state index contributed by atoms with van der Waals surface area (Å²) in [5, 5.41) is 2.90. The van der Waals surface area contributed by atoms with Gasteiger partial charge in [-0.3, -0.25) is 4.79 Å². The fourth-order valence-electron chi connectivity index (χ4n) is 1.53. The van der Waals surface area contributed by atoms with Gasteiger partial charge in [-0.15, -0.1) is 0 Å². The third-order valence-corrected chi connectivity index (χ3v) is 2.16. The molecule has 0 aliphatic heterocycles. The normalized spacial score (nSPS) is 17.2. The van der Waals surface area contributed by atoms with E-state index >= 15 is 0 Å². The van der Waals surface area contributed by atoms with Gasteiger partial charge in [0, 0.05) is 6.04 Å². The Kier molecular flexibility index (Phi) is 7.69. The van der Waals surface area contributed by atoms with Crippen molar-refractivity contribution in [1.82, 2.24) is 5.32 Å². The molecular formula is C10H22N2O. The molecule has 0 aromatic heterocycles. The summed E-state index contributed by atoms with van der Waals surface area (Å²) < 4.78 is 0. The first-order valence-electron chi connectivity index (χ1n) is 5.32. The predicted molar refractivity (Wildman–Crippen MR) is 55.4 cm³/mol.